The van der Waals surface area contributed by atoms with Gasteiger partial charge < -0.3 is 14.5 Å². The number of hydrogen-bond acceptors (Lipinski definition) is 8. The normalized spacial score (nSPS) is 14.6. The maximum absolute atomic E-state index is 12.3. The fourth-order valence-electron chi connectivity index (χ4n) is 3.37. The van der Waals surface area contributed by atoms with E-state index in [1.54, 1.807) is 29.9 Å². The molecule has 1 aliphatic heterocycles. The Balaban J connectivity index is 1.33. The Hall–Kier alpha value is -3.07. The number of carbonyl (C=O) groups excluding carboxylic acids is 1. The van der Waals surface area contributed by atoms with Crippen LogP contribution in [0.4, 0.5) is 10.6 Å². The van der Waals surface area contributed by atoms with Crippen LogP contribution in [0.5, 0.6) is 0 Å². The lowest BCUT2D eigenvalue weighted by atomic mass is 10.0. The van der Waals surface area contributed by atoms with Gasteiger partial charge in [0.25, 0.3) is 0 Å². The number of piperidine rings is 1. The summed E-state index contributed by atoms with van der Waals surface area (Å²) in [6.45, 7) is 1.87. The fourth-order valence-corrected chi connectivity index (χ4v) is 3.91. The number of amides is 1. The fraction of sp³-hybridized carbons (Fsp3) is 0.350. The summed E-state index contributed by atoms with van der Waals surface area (Å²) in [6.07, 6.45) is 6.46. The van der Waals surface area contributed by atoms with Crippen LogP contribution in [0.25, 0.3) is 11.3 Å². The number of carbonyl (C=O) groups is 1. The quantitative estimate of drug-likeness (QED) is 0.638. The minimum absolute atomic E-state index is 0.153. The average Bonchev–Trinajstić information content (AvgIpc) is 3.31. The maximum Gasteiger partial charge on any atom is 0.410 e. The van der Waals surface area contributed by atoms with E-state index < -0.39 is 0 Å². The molecule has 0 radical (unpaired) electrons. The first-order chi connectivity index (χ1) is 14.2. The molecule has 29 heavy (non-hydrogen) atoms. The van der Waals surface area contributed by atoms with Crippen LogP contribution in [0.2, 0.25) is 0 Å². The van der Waals surface area contributed by atoms with Gasteiger partial charge in [-0.15, -0.1) is 11.3 Å². The molecule has 8 nitrogen and oxygen atoms in total. The molecule has 1 saturated heterocycles. The summed E-state index contributed by atoms with van der Waals surface area (Å²) in [6, 6.07) is 6.12. The van der Waals surface area contributed by atoms with Crippen molar-refractivity contribution in [1.29, 1.82) is 0 Å². The van der Waals surface area contributed by atoms with Crippen LogP contribution >= 0.6 is 11.3 Å². The summed E-state index contributed by atoms with van der Waals surface area (Å²) in [5.41, 5.74) is 4.26. The summed E-state index contributed by atoms with van der Waals surface area (Å²) in [4.78, 5) is 33.3. The van der Waals surface area contributed by atoms with Gasteiger partial charge in [0, 0.05) is 49.5 Å². The monoisotopic (exact) mass is 410 g/mol. The van der Waals surface area contributed by atoms with E-state index in [2.05, 4.69) is 19.9 Å². The molecule has 1 amide bonds. The van der Waals surface area contributed by atoms with Crippen molar-refractivity contribution in [2.45, 2.75) is 25.5 Å². The van der Waals surface area contributed by atoms with Crippen molar-refractivity contribution in [3.8, 4) is 11.3 Å². The number of aromatic nitrogens is 4. The highest BCUT2D eigenvalue weighted by molar-refractivity contribution is 7.07. The Kier molecular flexibility index (Phi) is 5.95. The van der Waals surface area contributed by atoms with Gasteiger partial charge in [0.05, 0.1) is 16.9 Å². The van der Waals surface area contributed by atoms with Crippen LogP contribution in [0.3, 0.4) is 0 Å². The summed E-state index contributed by atoms with van der Waals surface area (Å²) < 4.78 is 5.37. The molecule has 150 valence electrons. The summed E-state index contributed by atoms with van der Waals surface area (Å²) >= 11 is 1.49. The topological polar surface area (TPSA) is 84.3 Å². The van der Waals surface area contributed by atoms with Gasteiger partial charge in [-0.3, -0.25) is 0 Å². The van der Waals surface area contributed by atoms with Crippen molar-refractivity contribution in [2.75, 3.05) is 25.0 Å². The Bertz CT molecular complexity index is 929. The Morgan fingerprint density at radius 2 is 2.07 bits per heavy atom. The second-order valence-electron chi connectivity index (χ2n) is 6.87. The molecule has 4 heterocycles. The van der Waals surface area contributed by atoms with E-state index in [9.17, 15) is 4.79 Å². The predicted octanol–water partition coefficient (Wildman–Crippen LogP) is 3.23. The van der Waals surface area contributed by atoms with Crippen molar-refractivity contribution >= 4 is 23.2 Å². The highest BCUT2D eigenvalue weighted by atomic mass is 32.1. The third-order valence-electron chi connectivity index (χ3n) is 5.04. The maximum atomic E-state index is 12.3. The van der Waals surface area contributed by atoms with Gasteiger partial charge in [-0.05, 0) is 25.0 Å². The molecule has 1 fully saturated rings. The first-order valence-corrected chi connectivity index (χ1v) is 10.4. The summed E-state index contributed by atoms with van der Waals surface area (Å²) in [7, 11) is 1.80. The first-order valence-electron chi connectivity index (χ1n) is 9.45. The Morgan fingerprint density at radius 3 is 2.79 bits per heavy atom. The number of hydrogen-bond donors (Lipinski definition) is 0. The smallest absolute Gasteiger partial charge is 0.410 e. The number of thiazole rings is 1. The molecule has 3 aromatic heterocycles. The average molecular weight is 411 g/mol. The van der Waals surface area contributed by atoms with E-state index in [-0.39, 0.29) is 18.7 Å². The number of nitrogens with zero attached hydrogens (tertiary/aromatic N) is 6. The second-order valence-corrected chi connectivity index (χ2v) is 7.59. The third-order valence-corrected chi connectivity index (χ3v) is 5.68. The van der Waals surface area contributed by atoms with Crippen LogP contribution < -0.4 is 4.90 Å². The standard InChI is InChI=1S/C20H22N6O2S/c1-25(20(27)28-11-16-12-29-14-23-16)17-5-7-26(8-6-17)19-4-2-3-18(24-19)15-9-21-13-22-10-15/h2-4,9-10,12-14,17H,5-8,11H2,1H3. The van der Waals surface area contributed by atoms with E-state index >= 15 is 0 Å². The van der Waals surface area contributed by atoms with Crippen LogP contribution in [-0.2, 0) is 11.3 Å². The zero-order chi connectivity index (χ0) is 20.1. The molecule has 0 aromatic carbocycles. The molecule has 0 saturated carbocycles. The number of rotatable bonds is 5. The molecule has 0 spiro atoms. The van der Waals surface area contributed by atoms with Gasteiger partial charge in [0.15, 0.2) is 0 Å². The SMILES string of the molecule is CN(C(=O)OCc1cscn1)C1CCN(c2cccc(-c3cncnc3)n2)CC1. The van der Waals surface area contributed by atoms with Crippen molar-refractivity contribution in [1.82, 2.24) is 24.8 Å². The molecule has 0 unspecified atom stereocenters. The Morgan fingerprint density at radius 1 is 1.28 bits per heavy atom. The summed E-state index contributed by atoms with van der Waals surface area (Å²) in [5, 5.41) is 1.88. The van der Waals surface area contributed by atoms with E-state index in [0.717, 1.165) is 48.7 Å². The van der Waals surface area contributed by atoms with Gasteiger partial charge in [0.1, 0.15) is 18.8 Å². The molecule has 0 N–H and O–H groups in total. The summed E-state index contributed by atoms with van der Waals surface area (Å²) in [5.74, 6) is 0.929. The van der Waals surface area contributed by atoms with Gasteiger partial charge in [-0.1, -0.05) is 6.07 Å². The predicted molar refractivity (Wildman–Crippen MR) is 111 cm³/mol. The highest BCUT2D eigenvalue weighted by Crippen LogP contribution is 2.24. The second kappa shape index (κ2) is 8.95. The molecule has 4 rings (SSSR count). The number of anilines is 1. The van der Waals surface area contributed by atoms with E-state index in [1.807, 2.05) is 23.6 Å². The van der Waals surface area contributed by atoms with Crippen LogP contribution in [-0.4, -0.2) is 57.1 Å². The van der Waals surface area contributed by atoms with Crippen LogP contribution in [0.1, 0.15) is 18.5 Å². The van der Waals surface area contributed by atoms with Crippen molar-refractivity contribution in [3.63, 3.8) is 0 Å². The first kappa shape index (κ1) is 19.3. The number of ether oxygens (including phenoxy) is 1. The molecule has 3 aromatic rings. The zero-order valence-corrected chi connectivity index (χ0v) is 17.0. The molecule has 0 bridgehead atoms. The Labute approximate surface area is 173 Å². The molecule has 0 aliphatic carbocycles. The zero-order valence-electron chi connectivity index (χ0n) is 16.1. The van der Waals surface area contributed by atoms with Crippen molar-refractivity contribution in [3.05, 3.63) is 53.5 Å². The van der Waals surface area contributed by atoms with E-state index in [1.165, 1.54) is 17.7 Å². The highest BCUT2D eigenvalue weighted by Gasteiger charge is 2.27. The van der Waals surface area contributed by atoms with E-state index in [4.69, 9.17) is 9.72 Å². The number of pyridine rings is 1. The van der Waals surface area contributed by atoms with Crippen molar-refractivity contribution < 1.29 is 9.53 Å². The molecular formula is C20H22N6O2S. The van der Waals surface area contributed by atoms with Gasteiger partial charge >= 0.3 is 6.09 Å². The minimum Gasteiger partial charge on any atom is -0.443 e. The van der Waals surface area contributed by atoms with Crippen LogP contribution in [0.15, 0.2) is 47.8 Å². The minimum atomic E-state index is -0.305. The molecule has 1 aliphatic rings. The van der Waals surface area contributed by atoms with Crippen molar-refractivity contribution in [2.24, 2.45) is 0 Å². The van der Waals surface area contributed by atoms with Gasteiger partial charge in [-0.25, -0.2) is 24.7 Å². The van der Waals surface area contributed by atoms with Crippen LogP contribution in [0, 0.1) is 0 Å². The van der Waals surface area contributed by atoms with Gasteiger partial charge in [-0.2, -0.15) is 0 Å². The van der Waals surface area contributed by atoms with Gasteiger partial charge in [0.2, 0.25) is 0 Å². The lowest BCUT2D eigenvalue weighted by Gasteiger charge is -2.36. The molecule has 9 heteroatoms. The molecular weight excluding hydrogens is 388 g/mol. The van der Waals surface area contributed by atoms with E-state index in [0.29, 0.717) is 0 Å². The molecule has 0 atom stereocenters. The lowest BCUT2D eigenvalue weighted by molar-refractivity contribution is 0.0854. The lowest BCUT2D eigenvalue weighted by Crippen LogP contribution is -2.46. The third kappa shape index (κ3) is 4.68. The largest absolute Gasteiger partial charge is 0.443 e.